The van der Waals surface area contributed by atoms with E-state index in [0.29, 0.717) is 17.5 Å². The van der Waals surface area contributed by atoms with Crippen molar-refractivity contribution >= 4 is 27.8 Å². The van der Waals surface area contributed by atoms with Gasteiger partial charge < -0.3 is 4.42 Å². The van der Waals surface area contributed by atoms with Gasteiger partial charge in [-0.15, -0.1) is 0 Å². The monoisotopic (exact) mass is 577 g/mol. The SMILES string of the molecule is C1=CC2C=Cc3oc4c(-c5nc(-c6ccccc6)nc(-c6ccc7ccccc7c6)n5)ccc(-c5ccccc5)c4c3C2C=C1. The summed E-state index contributed by atoms with van der Waals surface area (Å²) in [5.74, 6) is 3.21. The van der Waals surface area contributed by atoms with Crippen LogP contribution in [0.25, 0.3) is 73.1 Å². The molecule has 2 aliphatic rings. The summed E-state index contributed by atoms with van der Waals surface area (Å²) in [6.07, 6.45) is 13.2. The number of allylic oxidation sites excluding steroid dienone is 5. The highest BCUT2D eigenvalue weighted by Crippen LogP contribution is 2.48. The van der Waals surface area contributed by atoms with Gasteiger partial charge in [-0.25, -0.2) is 15.0 Å². The number of hydrogen-bond acceptors (Lipinski definition) is 4. The van der Waals surface area contributed by atoms with E-state index in [2.05, 4.69) is 121 Å². The maximum Gasteiger partial charge on any atom is 0.167 e. The number of fused-ring (bicyclic) bond motifs is 6. The zero-order valence-electron chi connectivity index (χ0n) is 24.3. The molecule has 5 aromatic carbocycles. The van der Waals surface area contributed by atoms with Crippen molar-refractivity contribution in [3.63, 3.8) is 0 Å². The van der Waals surface area contributed by atoms with Gasteiger partial charge in [0.05, 0.1) is 5.56 Å². The van der Waals surface area contributed by atoms with Gasteiger partial charge in [-0.2, -0.15) is 0 Å². The molecular formula is C41H27N3O. The van der Waals surface area contributed by atoms with E-state index in [1.165, 1.54) is 10.9 Å². The van der Waals surface area contributed by atoms with E-state index in [0.717, 1.165) is 49.9 Å². The summed E-state index contributed by atoms with van der Waals surface area (Å²) in [6, 6.07) is 39.7. The largest absolute Gasteiger partial charge is 0.456 e. The van der Waals surface area contributed by atoms with Crippen LogP contribution < -0.4 is 0 Å². The van der Waals surface area contributed by atoms with Crippen LogP contribution in [0.5, 0.6) is 0 Å². The summed E-state index contributed by atoms with van der Waals surface area (Å²) >= 11 is 0. The molecule has 2 atom stereocenters. The molecule has 4 nitrogen and oxygen atoms in total. The Kier molecular flexibility index (Phi) is 5.91. The first-order valence-electron chi connectivity index (χ1n) is 15.3. The lowest BCUT2D eigenvalue weighted by molar-refractivity contribution is 0.578. The predicted octanol–water partition coefficient (Wildman–Crippen LogP) is 10.3. The molecule has 0 spiro atoms. The Labute approximate surface area is 260 Å². The first-order chi connectivity index (χ1) is 22.3. The molecule has 0 saturated carbocycles. The number of hydrogen-bond donors (Lipinski definition) is 0. The average molecular weight is 578 g/mol. The van der Waals surface area contributed by atoms with E-state index < -0.39 is 0 Å². The third-order valence-corrected chi connectivity index (χ3v) is 8.89. The van der Waals surface area contributed by atoms with E-state index in [4.69, 9.17) is 19.4 Å². The average Bonchev–Trinajstić information content (AvgIpc) is 3.52. The molecule has 0 bridgehead atoms. The Balaban J connectivity index is 1.31. The lowest BCUT2D eigenvalue weighted by Crippen LogP contribution is -2.12. The molecule has 0 saturated heterocycles. The Bertz CT molecular complexity index is 2330. The minimum atomic E-state index is 0.195. The van der Waals surface area contributed by atoms with Gasteiger partial charge in [-0.05, 0) is 40.1 Å². The lowest BCUT2D eigenvalue weighted by atomic mass is 9.77. The highest BCUT2D eigenvalue weighted by atomic mass is 16.3. The second kappa shape index (κ2) is 10.4. The molecule has 7 aromatic rings. The first-order valence-corrected chi connectivity index (χ1v) is 15.3. The van der Waals surface area contributed by atoms with Crippen LogP contribution in [0.15, 0.2) is 150 Å². The highest BCUT2D eigenvalue weighted by molar-refractivity contribution is 6.05. The highest BCUT2D eigenvalue weighted by Gasteiger charge is 2.32. The molecule has 0 aliphatic heterocycles. The van der Waals surface area contributed by atoms with Crippen LogP contribution in [0.4, 0.5) is 0 Å². The van der Waals surface area contributed by atoms with Crippen molar-refractivity contribution < 1.29 is 4.42 Å². The zero-order valence-corrected chi connectivity index (χ0v) is 24.3. The van der Waals surface area contributed by atoms with Gasteiger partial charge in [-0.3, -0.25) is 0 Å². The number of rotatable bonds is 4. The van der Waals surface area contributed by atoms with Crippen LogP contribution in [0.2, 0.25) is 0 Å². The fraction of sp³-hybridized carbons (Fsp3) is 0.0488. The molecule has 2 aromatic heterocycles. The van der Waals surface area contributed by atoms with Crippen LogP contribution in [0, 0.1) is 5.92 Å². The molecule has 45 heavy (non-hydrogen) atoms. The van der Waals surface area contributed by atoms with Crippen LogP contribution in [0.1, 0.15) is 17.2 Å². The van der Waals surface area contributed by atoms with Crippen molar-refractivity contribution in [1.82, 2.24) is 15.0 Å². The normalized spacial score (nSPS) is 16.6. The molecule has 2 unspecified atom stereocenters. The number of furan rings is 1. The van der Waals surface area contributed by atoms with E-state index in [1.54, 1.807) is 0 Å². The molecule has 0 fully saturated rings. The summed E-state index contributed by atoms with van der Waals surface area (Å²) < 4.78 is 6.79. The van der Waals surface area contributed by atoms with Crippen LogP contribution in [0.3, 0.4) is 0 Å². The molecule has 0 amide bonds. The fourth-order valence-electron chi connectivity index (χ4n) is 6.70. The third kappa shape index (κ3) is 4.34. The molecular weight excluding hydrogens is 550 g/mol. The molecule has 2 heterocycles. The smallest absolute Gasteiger partial charge is 0.167 e. The molecule has 9 rings (SSSR count). The summed E-state index contributed by atoms with van der Waals surface area (Å²) in [6.45, 7) is 0. The summed E-state index contributed by atoms with van der Waals surface area (Å²) in [4.78, 5) is 15.2. The van der Waals surface area contributed by atoms with E-state index in [-0.39, 0.29) is 11.8 Å². The van der Waals surface area contributed by atoms with E-state index >= 15 is 0 Å². The molecule has 0 N–H and O–H groups in total. The van der Waals surface area contributed by atoms with Gasteiger partial charge in [0.25, 0.3) is 0 Å². The van der Waals surface area contributed by atoms with Crippen molar-refractivity contribution in [3.05, 3.63) is 157 Å². The topological polar surface area (TPSA) is 51.8 Å². The number of benzene rings is 5. The van der Waals surface area contributed by atoms with Crippen LogP contribution in [-0.4, -0.2) is 15.0 Å². The van der Waals surface area contributed by atoms with Crippen molar-refractivity contribution in [2.45, 2.75) is 5.92 Å². The Morgan fingerprint density at radius 1 is 0.511 bits per heavy atom. The van der Waals surface area contributed by atoms with Gasteiger partial charge in [-0.1, -0.05) is 134 Å². The van der Waals surface area contributed by atoms with Crippen molar-refractivity contribution in [1.29, 1.82) is 0 Å². The maximum atomic E-state index is 6.79. The second-order valence-electron chi connectivity index (χ2n) is 11.6. The number of aromatic nitrogens is 3. The van der Waals surface area contributed by atoms with Crippen LogP contribution in [-0.2, 0) is 0 Å². The van der Waals surface area contributed by atoms with Gasteiger partial charge in [0, 0.05) is 33.9 Å². The van der Waals surface area contributed by atoms with Gasteiger partial charge in [0.1, 0.15) is 11.3 Å². The van der Waals surface area contributed by atoms with Gasteiger partial charge >= 0.3 is 0 Å². The Morgan fingerprint density at radius 2 is 1.18 bits per heavy atom. The number of nitrogens with zero attached hydrogens (tertiary/aromatic N) is 3. The Hall–Kier alpha value is -5.87. The van der Waals surface area contributed by atoms with E-state index in [9.17, 15) is 0 Å². The Morgan fingerprint density at radius 3 is 2.00 bits per heavy atom. The predicted molar refractivity (Wildman–Crippen MR) is 182 cm³/mol. The molecule has 4 heteroatoms. The second-order valence-corrected chi connectivity index (χ2v) is 11.6. The van der Waals surface area contributed by atoms with E-state index in [1.807, 2.05) is 30.3 Å². The van der Waals surface area contributed by atoms with Crippen molar-refractivity contribution in [3.8, 4) is 45.3 Å². The molecule has 0 radical (unpaired) electrons. The summed E-state index contributed by atoms with van der Waals surface area (Å²) in [7, 11) is 0. The first kappa shape index (κ1) is 25.6. The van der Waals surface area contributed by atoms with Crippen molar-refractivity contribution in [2.24, 2.45) is 5.92 Å². The van der Waals surface area contributed by atoms with Gasteiger partial charge in [0.15, 0.2) is 17.5 Å². The third-order valence-electron chi connectivity index (χ3n) is 8.89. The van der Waals surface area contributed by atoms with Crippen molar-refractivity contribution in [2.75, 3.05) is 0 Å². The fourth-order valence-corrected chi connectivity index (χ4v) is 6.70. The van der Waals surface area contributed by atoms with Crippen LogP contribution >= 0.6 is 0 Å². The lowest BCUT2D eigenvalue weighted by Gasteiger charge is -2.25. The standard InChI is InChI=1S/C41H27N3O/c1-3-12-27(13-4-1)33-22-23-34(38-37(33)36-32-18-10-9-14-28(32)21-24-35(36)45-38)41-43-39(29-15-5-2-6-16-29)42-40(44-41)31-20-19-26-11-7-8-17-30(26)25-31/h1-25,28,32H. The minimum absolute atomic E-state index is 0.195. The summed E-state index contributed by atoms with van der Waals surface area (Å²) in [5, 5.41) is 3.43. The van der Waals surface area contributed by atoms with Gasteiger partial charge in [0.2, 0.25) is 0 Å². The zero-order chi connectivity index (χ0) is 29.7. The maximum absolute atomic E-state index is 6.79. The molecule has 212 valence electrons. The summed E-state index contributed by atoms with van der Waals surface area (Å²) in [5.41, 5.74) is 7.02. The quantitative estimate of drug-likeness (QED) is 0.209. The molecule has 2 aliphatic carbocycles. The minimum Gasteiger partial charge on any atom is -0.456 e.